The minimum atomic E-state index is -0.755. The van der Waals surface area contributed by atoms with Gasteiger partial charge in [-0.05, 0) is 60.7 Å². The van der Waals surface area contributed by atoms with Crippen molar-refractivity contribution in [3.05, 3.63) is 34.6 Å². The largest absolute Gasteiger partial charge is 0.419 e. The van der Waals surface area contributed by atoms with Gasteiger partial charge in [-0.1, -0.05) is 31.9 Å². The number of rotatable bonds is 6. The van der Waals surface area contributed by atoms with Crippen molar-refractivity contribution in [1.29, 1.82) is 0 Å². The minimum absolute atomic E-state index is 0.0692. The summed E-state index contributed by atoms with van der Waals surface area (Å²) in [5, 5.41) is 11.4. The maximum atomic E-state index is 13.3. The van der Waals surface area contributed by atoms with Crippen LogP contribution >= 0.6 is 15.9 Å². The number of nitrogens with zero attached hydrogens (tertiary/aromatic N) is 4. The lowest BCUT2D eigenvalue weighted by Gasteiger charge is -2.37. The average molecular weight is 490 g/mol. The molecule has 2 fully saturated rings. The van der Waals surface area contributed by atoms with Gasteiger partial charge in [0.2, 0.25) is 11.8 Å². The summed E-state index contributed by atoms with van der Waals surface area (Å²) in [5.74, 6) is 0.885. The van der Waals surface area contributed by atoms with Crippen molar-refractivity contribution in [2.24, 2.45) is 5.92 Å². The number of nitrogens with one attached hydrogen (secondary N) is 1. The second-order valence-electron chi connectivity index (χ2n) is 8.74. The van der Waals surface area contributed by atoms with Crippen molar-refractivity contribution in [1.82, 2.24) is 25.3 Å². The molecular formula is C22H28BrN5O3. The fraction of sp³-hybridized carbons (Fsp3) is 0.545. The van der Waals surface area contributed by atoms with Crippen LogP contribution in [-0.2, 0) is 11.3 Å². The topological polar surface area (TPSA) is 91.6 Å². The predicted molar refractivity (Wildman–Crippen MR) is 119 cm³/mol. The van der Waals surface area contributed by atoms with E-state index in [1.807, 2.05) is 43.0 Å². The molecule has 8 nitrogen and oxygen atoms in total. The summed E-state index contributed by atoms with van der Waals surface area (Å²) in [6, 6.07) is 7.40. The van der Waals surface area contributed by atoms with E-state index in [4.69, 9.17) is 4.42 Å². The predicted octanol–water partition coefficient (Wildman–Crippen LogP) is 4.17. The molecule has 4 rings (SSSR count). The van der Waals surface area contributed by atoms with Crippen molar-refractivity contribution in [2.45, 2.75) is 64.6 Å². The van der Waals surface area contributed by atoms with Gasteiger partial charge in [-0.3, -0.25) is 9.69 Å². The SMILES string of the molecule is CC(C)N(Cc1nnc(-c2ccccc2Br)o1)CN1C(=O)N[C@]2(CCCC[C@@H]2C)C1=O. The molecule has 31 heavy (non-hydrogen) atoms. The maximum Gasteiger partial charge on any atom is 0.326 e. The molecule has 2 aromatic rings. The van der Waals surface area contributed by atoms with E-state index in [-0.39, 0.29) is 30.6 Å². The van der Waals surface area contributed by atoms with Crippen LogP contribution in [-0.4, -0.2) is 50.2 Å². The highest BCUT2D eigenvalue weighted by molar-refractivity contribution is 9.10. The van der Waals surface area contributed by atoms with E-state index in [1.54, 1.807) is 0 Å². The van der Waals surface area contributed by atoms with Crippen LogP contribution in [0.25, 0.3) is 11.5 Å². The number of imide groups is 1. The van der Waals surface area contributed by atoms with Crippen LogP contribution in [0.3, 0.4) is 0 Å². The fourth-order valence-corrected chi connectivity index (χ4v) is 4.89. The van der Waals surface area contributed by atoms with E-state index in [0.29, 0.717) is 24.7 Å². The van der Waals surface area contributed by atoms with Crippen molar-refractivity contribution in [3.8, 4) is 11.5 Å². The number of hydrogen-bond donors (Lipinski definition) is 1. The first-order valence-electron chi connectivity index (χ1n) is 10.8. The standard InChI is InChI=1S/C22H28BrN5O3/c1-14(2)27(12-18-25-26-19(31-18)16-9-4-5-10-17(16)23)13-28-20(29)22(24-21(28)30)11-7-6-8-15(22)3/h4-5,9-10,14-15H,6-8,11-13H2,1-3H3,(H,24,30)/t15-,22-/m0/s1. The molecule has 0 unspecified atom stereocenters. The molecule has 1 aromatic carbocycles. The molecule has 1 saturated heterocycles. The van der Waals surface area contributed by atoms with Gasteiger partial charge in [0.05, 0.1) is 18.8 Å². The Morgan fingerprint density at radius 3 is 2.77 bits per heavy atom. The third kappa shape index (κ3) is 4.13. The van der Waals surface area contributed by atoms with Gasteiger partial charge in [0, 0.05) is 10.5 Å². The molecule has 9 heteroatoms. The zero-order chi connectivity index (χ0) is 22.2. The lowest BCUT2D eigenvalue weighted by Crippen LogP contribution is -2.54. The average Bonchev–Trinajstić information content (AvgIpc) is 3.29. The van der Waals surface area contributed by atoms with E-state index >= 15 is 0 Å². The molecule has 2 heterocycles. The molecule has 1 saturated carbocycles. The minimum Gasteiger partial charge on any atom is -0.419 e. The van der Waals surface area contributed by atoms with Gasteiger partial charge in [-0.25, -0.2) is 9.69 Å². The second kappa shape index (κ2) is 8.70. The van der Waals surface area contributed by atoms with E-state index in [0.717, 1.165) is 29.3 Å². The van der Waals surface area contributed by atoms with E-state index in [2.05, 4.69) is 38.4 Å². The molecule has 3 amide bonds. The summed E-state index contributed by atoms with van der Waals surface area (Å²) < 4.78 is 6.75. The van der Waals surface area contributed by atoms with Crippen LogP contribution < -0.4 is 5.32 Å². The molecule has 1 N–H and O–H groups in total. The van der Waals surface area contributed by atoms with Gasteiger partial charge in [0.1, 0.15) is 5.54 Å². The van der Waals surface area contributed by atoms with Gasteiger partial charge in [0.25, 0.3) is 5.91 Å². The summed E-state index contributed by atoms with van der Waals surface area (Å²) in [7, 11) is 0. The van der Waals surface area contributed by atoms with Crippen LogP contribution in [0.1, 0.15) is 52.3 Å². The Balaban J connectivity index is 1.50. The molecular weight excluding hydrogens is 462 g/mol. The van der Waals surface area contributed by atoms with Gasteiger partial charge in [-0.15, -0.1) is 10.2 Å². The number of aromatic nitrogens is 2. The van der Waals surface area contributed by atoms with Gasteiger partial charge < -0.3 is 9.73 Å². The highest BCUT2D eigenvalue weighted by Crippen LogP contribution is 2.38. The Kier molecular flexibility index (Phi) is 6.16. The number of benzene rings is 1. The molecule has 2 atom stereocenters. The molecule has 1 aromatic heterocycles. The van der Waals surface area contributed by atoms with Crippen LogP contribution in [0.4, 0.5) is 4.79 Å². The third-order valence-corrected chi connectivity index (χ3v) is 7.16. The fourth-order valence-electron chi connectivity index (χ4n) is 4.44. The van der Waals surface area contributed by atoms with Gasteiger partial charge in [-0.2, -0.15) is 0 Å². The van der Waals surface area contributed by atoms with Crippen molar-refractivity contribution in [3.63, 3.8) is 0 Å². The first-order chi connectivity index (χ1) is 14.8. The molecule has 0 bridgehead atoms. The number of urea groups is 1. The van der Waals surface area contributed by atoms with E-state index < -0.39 is 5.54 Å². The maximum absolute atomic E-state index is 13.3. The Labute approximate surface area is 190 Å². The lowest BCUT2D eigenvalue weighted by molar-refractivity contribution is -0.136. The lowest BCUT2D eigenvalue weighted by atomic mass is 9.73. The highest BCUT2D eigenvalue weighted by atomic mass is 79.9. The van der Waals surface area contributed by atoms with Crippen LogP contribution in [0.5, 0.6) is 0 Å². The Hall–Kier alpha value is -2.26. The number of hydrogen-bond acceptors (Lipinski definition) is 6. The molecule has 1 aliphatic heterocycles. The smallest absolute Gasteiger partial charge is 0.326 e. The van der Waals surface area contributed by atoms with Crippen molar-refractivity contribution < 1.29 is 14.0 Å². The third-order valence-electron chi connectivity index (χ3n) is 6.46. The van der Waals surface area contributed by atoms with Gasteiger partial charge in [0.15, 0.2) is 0 Å². The number of halogens is 1. The normalized spacial score (nSPS) is 23.9. The zero-order valence-corrected chi connectivity index (χ0v) is 19.7. The monoisotopic (exact) mass is 489 g/mol. The van der Waals surface area contributed by atoms with E-state index in [9.17, 15) is 9.59 Å². The van der Waals surface area contributed by atoms with Gasteiger partial charge >= 0.3 is 6.03 Å². The molecule has 0 radical (unpaired) electrons. The number of carbonyl (C=O) groups excluding carboxylic acids is 2. The molecule has 2 aliphatic rings. The quantitative estimate of drug-likeness (QED) is 0.612. The first kappa shape index (κ1) is 22.0. The summed E-state index contributed by atoms with van der Waals surface area (Å²) >= 11 is 3.50. The van der Waals surface area contributed by atoms with Crippen LogP contribution in [0.15, 0.2) is 33.2 Å². The summed E-state index contributed by atoms with van der Waals surface area (Å²) in [5.41, 5.74) is 0.0644. The zero-order valence-electron chi connectivity index (χ0n) is 18.1. The summed E-state index contributed by atoms with van der Waals surface area (Å²) in [6.45, 7) is 6.62. The van der Waals surface area contributed by atoms with E-state index in [1.165, 1.54) is 4.90 Å². The molecule has 166 valence electrons. The summed E-state index contributed by atoms with van der Waals surface area (Å²) in [4.78, 5) is 29.4. The molecule has 1 aliphatic carbocycles. The highest BCUT2D eigenvalue weighted by Gasteiger charge is 2.55. The summed E-state index contributed by atoms with van der Waals surface area (Å²) in [6.07, 6.45) is 3.71. The number of carbonyl (C=O) groups is 2. The van der Waals surface area contributed by atoms with Crippen molar-refractivity contribution >= 4 is 27.9 Å². The Morgan fingerprint density at radius 2 is 2.06 bits per heavy atom. The Morgan fingerprint density at radius 1 is 1.29 bits per heavy atom. The molecule has 1 spiro atoms. The number of amides is 3. The van der Waals surface area contributed by atoms with Crippen molar-refractivity contribution in [2.75, 3.05) is 6.67 Å². The van der Waals surface area contributed by atoms with Crippen LogP contribution in [0.2, 0.25) is 0 Å². The second-order valence-corrected chi connectivity index (χ2v) is 9.60. The first-order valence-corrected chi connectivity index (χ1v) is 11.6. The Bertz CT molecular complexity index is 978. The van der Waals surface area contributed by atoms with Crippen LogP contribution in [0, 0.1) is 5.92 Å².